The third-order valence-electron chi connectivity index (χ3n) is 6.92. The highest BCUT2D eigenvalue weighted by Gasteiger charge is 2.13. The minimum atomic E-state index is 0.823. The molecule has 0 saturated heterocycles. The van der Waals surface area contributed by atoms with Gasteiger partial charge in [-0.2, -0.15) is 10.2 Å². The number of hydrogen-bond acceptors (Lipinski definition) is 3. The molecule has 5 aromatic rings. The van der Waals surface area contributed by atoms with Crippen LogP contribution in [0.3, 0.4) is 0 Å². The van der Waals surface area contributed by atoms with Crippen molar-refractivity contribution < 1.29 is 0 Å². The third kappa shape index (κ3) is 4.88. The van der Waals surface area contributed by atoms with Gasteiger partial charge < -0.3 is 0 Å². The summed E-state index contributed by atoms with van der Waals surface area (Å²) >= 11 is 0. The number of nitrogens with zero attached hydrogens (tertiary/aromatic N) is 5. The van der Waals surface area contributed by atoms with Gasteiger partial charge in [-0.3, -0.25) is 0 Å². The number of aromatic nitrogens is 3. The summed E-state index contributed by atoms with van der Waals surface area (Å²) in [5.74, 6) is 0. The van der Waals surface area contributed by atoms with Crippen LogP contribution in [0.5, 0.6) is 0 Å². The minimum Gasteiger partial charge on any atom is -0.245 e. The van der Waals surface area contributed by atoms with Crippen molar-refractivity contribution in [2.24, 2.45) is 10.2 Å². The molecule has 3 heterocycles. The Morgan fingerprint density at radius 3 is 1.37 bits per heavy atom. The zero-order valence-corrected chi connectivity index (χ0v) is 22.9. The van der Waals surface area contributed by atoms with Crippen LogP contribution in [-0.2, 0) is 0 Å². The zero-order chi connectivity index (χ0) is 26.8. The third-order valence-corrected chi connectivity index (χ3v) is 6.92. The van der Waals surface area contributed by atoms with Crippen LogP contribution >= 0.6 is 0 Å². The molecular formula is C33H33N5. The summed E-state index contributed by atoms with van der Waals surface area (Å²) < 4.78 is 4.01. The van der Waals surface area contributed by atoms with Crippen molar-refractivity contribution in [3.05, 3.63) is 125 Å². The van der Waals surface area contributed by atoms with Gasteiger partial charge in [0.15, 0.2) is 0 Å². The van der Waals surface area contributed by atoms with E-state index in [2.05, 4.69) is 100 Å². The summed E-state index contributed by atoms with van der Waals surface area (Å²) in [7, 11) is 0. The topological polar surface area (TPSA) is 47.5 Å². The first-order valence-corrected chi connectivity index (χ1v) is 12.9. The van der Waals surface area contributed by atoms with Crippen LogP contribution in [-0.4, -0.2) is 25.8 Å². The average Bonchev–Trinajstić information content (AvgIpc) is 3.46. The van der Waals surface area contributed by atoms with Gasteiger partial charge in [0, 0.05) is 22.5 Å². The molecule has 5 rings (SSSR count). The van der Waals surface area contributed by atoms with Crippen LogP contribution in [0, 0.1) is 27.7 Å². The summed E-state index contributed by atoms with van der Waals surface area (Å²) in [5, 5.41) is 9.97. The Balaban J connectivity index is 1.50. The van der Waals surface area contributed by atoms with Gasteiger partial charge in [0.25, 0.3) is 0 Å². The van der Waals surface area contributed by atoms with Crippen LogP contribution in [0.4, 0.5) is 0 Å². The van der Waals surface area contributed by atoms with Crippen LogP contribution in [0.1, 0.15) is 47.8 Å². The van der Waals surface area contributed by atoms with E-state index >= 15 is 0 Å². The summed E-state index contributed by atoms with van der Waals surface area (Å²) in [6, 6.07) is 31.3. The minimum absolute atomic E-state index is 0.823. The van der Waals surface area contributed by atoms with Crippen molar-refractivity contribution in [1.29, 1.82) is 0 Å². The highest BCUT2D eigenvalue weighted by Crippen LogP contribution is 2.27. The SMILES string of the molecule is C/C(=N/n1c(C)ccc1-c1ccccc1C)c1cccc(/C(C)=N\n2c(C)ccc2-c2ccccc2C)n1. The molecule has 0 aliphatic rings. The lowest BCUT2D eigenvalue weighted by Crippen LogP contribution is -2.09. The first kappa shape index (κ1) is 25.2. The Hall–Kier alpha value is -4.51. The average molecular weight is 500 g/mol. The molecule has 2 aromatic carbocycles. The van der Waals surface area contributed by atoms with Crippen molar-refractivity contribution in [3.63, 3.8) is 0 Å². The van der Waals surface area contributed by atoms with E-state index in [0.29, 0.717) is 0 Å². The summed E-state index contributed by atoms with van der Waals surface area (Å²) in [6.07, 6.45) is 0. The molecule has 3 aromatic heterocycles. The van der Waals surface area contributed by atoms with E-state index in [-0.39, 0.29) is 0 Å². The monoisotopic (exact) mass is 499 g/mol. The van der Waals surface area contributed by atoms with E-state index in [1.54, 1.807) is 0 Å². The Kier molecular flexibility index (Phi) is 6.93. The Morgan fingerprint density at radius 2 is 0.947 bits per heavy atom. The highest BCUT2D eigenvalue weighted by molar-refractivity contribution is 6.00. The molecule has 0 atom stereocenters. The molecule has 0 unspecified atom stereocenters. The maximum absolute atomic E-state index is 4.99. The van der Waals surface area contributed by atoms with Crippen LogP contribution in [0.15, 0.2) is 101 Å². The predicted molar refractivity (Wildman–Crippen MR) is 158 cm³/mol. The number of aryl methyl sites for hydroxylation is 4. The molecule has 0 aliphatic heterocycles. The smallest absolute Gasteiger partial charge is 0.0867 e. The van der Waals surface area contributed by atoms with Crippen molar-refractivity contribution in [1.82, 2.24) is 14.3 Å². The van der Waals surface area contributed by atoms with E-state index in [1.807, 2.05) is 41.4 Å². The van der Waals surface area contributed by atoms with Crippen LogP contribution in [0.2, 0.25) is 0 Å². The molecule has 5 heteroatoms. The molecule has 190 valence electrons. The van der Waals surface area contributed by atoms with Gasteiger partial charge in [0.05, 0.1) is 34.2 Å². The molecule has 0 aliphatic carbocycles. The molecule has 0 fully saturated rings. The van der Waals surface area contributed by atoms with E-state index in [9.17, 15) is 0 Å². The molecular weight excluding hydrogens is 466 g/mol. The first-order chi connectivity index (χ1) is 18.3. The van der Waals surface area contributed by atoms with Gasteiger partial charge in [0.1, 0.15) is 0 Å². The second-order valence-electron chi connectivity index (χ2n) is 9.75. The van der Waals surface area contributed by atoms with Gasteiger partial charge in [-0.15, -0.1) is 0 Å². The maximum Gasteiger partial charge on any atom is 0.0867 e. The standard InChI is InChI=1S/C33H33N5/c1-22-12-7-9-14-28(22)32-20-18-24(3)37(32)35-26(5)30-16-11-17-31(34-30)27(6)36-38-25(4)19-21-33(38)29-15-10-8-13-23(29)2/h7-21H,1-6H3/b35-26-,36-27-. The van der Waals surface area contributed by atoms with Gasteiger partial charge in [-0.25, -0.2) is 14.3 Å². The van der Waals surface area contributed by atoms with Gasteiger partial charge in [-0.05, 0) is 89.1 Å². The summed E-state index contributed by atoms with van der Waals surface area (Å²) in [4.78, 5) is 4.94. The fourth-order valence-electron chi connectivity index (χ4n) is 4.70. The van der Waals surface area contributed by atoms with Crippen molar-refractivity contribution in [2.75, 3.05) is 0 Å². The number of hydrogen-bond donors (Lipinski definition) is 0. The summed E-state index contributed by atoms with van der Waals surface area (Å²) in [5.41, 5.74) is 12.4. The molecule has 0 radical (unpaired) electrons. The van der Waals surface area contributed by atoms with Gasteiger partial charge in [-0.1, -0.05) is 54.6 Å². The van der Waals surface area contributed by atoms with E-state index < -0.39 is 0 Å². The van der Waals surface area contributed by atoms with Crippen molar-refractivity contribution in [3.8, 4) is 22.5 Å². The molecule has 0 bridgehead atoms. The zero-order valence-electron chi connectivity index (χ0n) is 22.9. The first-order valence-electron chi connectivity index (χ1n) is 12.9. The highest BCUT2D eigenvalue weighted by atomic mass is 15.4. The maximum atomic E-state index is 4.99. The number of rotatable bonds is 6. The predicted octanol–water partition coefficient (Wildman–Crippen LogP) is 7.80. The molecule has 0 amide bonds. The van der Waals surface area contributed by atoms with E-state index in [1.165, 1.54) is 22.3 Å². The van der Waals surface area contributed by atoms with Crippen LogP contribution < -0.4 is 0 Å². The quantitative estimate of drug-likeness (QED) is 0.220. The van der Waals surface area contributed by atoms with E-state index in [4.69, 9.17) is 15.2 Å². The molecule has 5 nitrogen and oxygen atoms in total. The van der Waals surface area contributed by atoms with Gasteiger partial charge >= 0.3 is 0 Å². The lowest BCUT2D eigenvalue weighted by atomic mass is 10.1. The van der Waals surface area contributed by atoms with E-state index in [0.717, 1.165) is 45.6 Å². The normalized spacial score (nSPS) is 12.3. The second kappa shape index (κ2) is 10.5. The Bertz CT molecular complexity index is 1560. The lowest BCUT2D eigenvalue weighted by Gasteiger charge is -2.12. The number of benzene rings is 2. The molecule has 0 saturated carbocycles. The molecule has 0 N–H and O–H groups in total. The second-order valence-corrected chi connectivity index (χ2v) is 9.75. The van der Waals surface area contributed by atoms with Crippen molar-refractivity contribution >= 4 is 11.4 Å². The lowest BCUT2D eigenvalue weighted by molar-refractivity contribution is 0.850. The summed E-state index contributed by atoms with van der Waals surface area (Å²) in [6.45, 7) is 12.4. The van der Waals surface area contributed by atoms with Gasteiger partial charge in [0.2, 0.25) is 0 Å². The Labute approximate surface area is 224 Å². The fourth-order valence-corrected chi connectivity index (χ4v) is 4.70. The molecule has 0 spiro atoms. The Morgan fingerprint density at radius 1 is 0.526 bits per heavy atom. The largest absolute Gasteiger partial charge is 0.245 e. The van der Waals surface area contributed by atoms with Crippen LogP contribution in [0.25, 0.3) is 22.5 Å². The molecule has 38 heavy (non-hydrogen) atoms. The number of pyridine rings is 1. The van der Waals surface area contributed by atoms with Crippen molar-refractivity contribution in [2.45, 2.75) is 41.5 Å². The fraction of sp³-hybridized carbons (Fsp3) is 0.182.